The Morgan fingerprint density at radius 2 is 2.09 bits per heavy atom. The molecule has 22 heavy (non-hydrogen) atoms. The van der Waals surface area contributed by atoms with E-state index in [1.54, 1.807) is 12.3 Å². The number of carbonyl (C=O) groups excluding carboxylic acids is 2. The lowest BCUT2D eigenvalue weighted by atomic mass is 10.2. The minimum absolute atomic E-state index is 0.142. The van der Waals surface area contributed by atoms with E-state index in [0.29, 0.717) is 11.4 Å². The maximum absolute atomic E-state index is 11.7. The molecule has 0 radical (unpaired) electrons. The maximum Gasteiger partial charge on any atom is 0.286 e. The highest BCUT2D eigenvalue weighted by Crippen LogP contribution is 2.12. The lowest BCUT2D eigenvalue weighted by Gasteiger charge is -2.08. The minimum Gasteiger partial charge on any atom is -0.493 e. The van der Waals surface area contributed by atoms with E-state index in [1.165, 1.54) is 0 Å². The number of aromatic nitrogens is 1. The fourth-order valence-corrected chi connectivity index (χ4v) is 2.07. The smallest absolute Gasteiger partial charge is 0.286 e. The molecule has 0 aliphatic heterocycles. The van der Waals surface area contributed by atoms with Gasteiger partial charge in [0.05, 0.1) is 13.0 Å². The maximum atomic E-state index is 11.7. The van der Waals surface area contributed by atoms with Crippen LogP contribution in [-0.2, 0) is 4.79 Å². The van der Waals surface area contributed by atoms with Gasteiger partial charge in [0.2, 0.25) is 5.91 Å². The van der Waals surface area contributed by atoms with Gasteiger partial charge >= 0.3 is 0 Å². The summed E-state index contributed by atoms with van der Waals surface area (Å²) in [7, 11) is 0. The number of H-pyrrole nitrogens is 1. The first kappa shape index (κ1) is 16.1. The molecule has 1 aromatic heterocycles. The Morgan fingerprint density at radius 1 is 1.27 bits per heavy atom. The van der Waals surface area contributed by atoms with Crippen LogP contribution in [0.5, 0.6) is 5.75 Å². The summed E-state index contributed by atoms with van der Waals surface area (Å²) >= 11 is 3.23. The first-order valence-corrected chi connectivity index (χ1v) is 7.46. The van der Waals surface area contributed by atoms with Crippen LogP contribution in [0.3, 0.4) is 0 Å². The highest BCUT2D eigenvalue weighted by molar-refractivity contribution is 9.10. The number of carbonyl (C=O) groups is 2. The zero-order valence-electron chi connectivity index (χ0n) is 12.0. The van der Waals surface area contributed by atoms with Gasteiger partial charge in [-0.1, -0.05) is 12.1 Å². The van der Waals surface area contributed by atoms with Crippen molar-refractivity contribution in [2.75, 3.05) is 6.61 Å². The van der Waals surface area contributed by atoms with Crippen LogP contribution in [0.2, 0.25) is 0 Å². The largest absolute Gasteiger partial charge is 0.493 e. The zero-order chi connectivity index (χ0) is 15.9. The summed E-state index contributed by atoms with van der Waals surface area (Å²) in [5.41, 5.74) is 6.10. The van der Waals surface area contributed by atoms with Gasteiger partial charge in [-0.05, 0) is 46.6 Å². The van der Waals surface area contributed by atoms with E-state index in [-0.39, 0.29) is 18.9 Å². The number of aryl methyl sites for hydroxylation is 1. The zero-order valence-corrected chi connectivity index (χ0v) is 13.6. The fourth-order valence-electron chi connectivity index (χ4n) is 1.72. The van der Waals surface area contributed by atoms with Crippen molar-refractivity contribution in [2.45, 2.75) is 13.3 Å². The standard InChI is InChI=1S/C15H16BrN3O3/c1-10-3-2-4-12(7-10)22-6-5-14(20)18-19-15(21)13-8-11(16)9-17-13/h2-4,7-9,17H,5-6H2,1H3,(H,18,20)(H,19,21). The molecule has 2 aromatic rings. The van der Waals surface area contributed by atoms with Gasteiger partial charge in [-0.25, -0.2) is 0 Å². The monoisotopic (exact) mass is 365 g/mol. The van der Waals surface area contributed by atoms with E-state index >= 15 is 0 Å². The van der Waals surface area contributed by atoms with E-state index in [1.807, 2.05) is 31.2 Å². The van der Waals surface area contributed by atoms with Crippen molar-refractivity contribution in [2.24, 2.45) is 0 Å². The molecule has 0 fully saturated rings. The second-order valence-electron chi connectivity index (χ2n) is 4.65. The van der Waals surface area contributed by atoms with Crippen LogP contribution in [0.15, 0.2) is 41.0 Å². The molecule has 2 rings (SSSR count). The van der Waals surface area contributed by atoms with Crippen LogP contribution < -0.4 is 15.6 Å². The number of ether oxygens (including phenoxy) is 1. The van der Waals surface area contributed by atoms with Crippen molar-refractivity contribution in [1.29, 1.82) is 0 Å². The number of aromatic amines is 1. The number of nitrogens with one attached hydrogen (secondary N) is 3. The number of hydrogen-bond acceptors (Lipinski definition) is 3. The number of amides is 2. The number of hydrazine groups is 1. The van der Waals surface area contributed by atoms with Gasteiger partial charge in [-0.2, -0.15) is 0 Å². The molecule has 1 aromatic carbocycles. The van der Waals surface area contributed by atoms with E-state index in [2.05, 4.69) is 31.8 Å². The average molecular weight is 366 g/mol. The summed E-state index contributed by atoms with van der Waals surface area (Å²) < 4.78 is 6.23. The number of benzene rings is 1. The van der Waals surface area contributed by atoms with Gasteiger partial charge in [-0.3, -0.25) is 20.4 Å². The van der Waals surface area contributed by atoms with Gasteiger partial charge in [0.15, 0.2) is 0 Å². The molecule has 0 bridgehead atoms. The molecule has 0 atom stereocenters. The van der Waals surface area contributed by atoms with Crippen LogP contribution in [0.25, 0.3) is 0 Å². The molecule has 0 unspecified atom stereocenters. The molecule has 2 amide bonds. The molecule has 116 valence electrons. The highest BCUT2D eigenvalue weighted by Gasteiger charge is 2.09. The second kappa shape index (κ2) is 7.65. The average Bonchev–Trinajstić information content (AvgIpc) is 2.91. The molecular weight excluding hydrogens is 350 g/mol. The van der Waals surface area contributed by atoms with Crippen LogP contribution in [0, 0.1) is 6.92 Å². The van der Waals surface area contributed by atoms with Gasteiger partial charge in [0.25, 0.3) is 5.91 Å². The van der Waals surface area contributed by atoms with E-state index in [4.69, 9.17) is 4.74 Å². The van der Waals surface area contributed by atoms with Crippen LogP contribution in [0.1, 0.15) is 22.5 Å². The normalized spacial score (nSPS) is 10.1. The first-order chi connectivity index (χ1) is 10.5. The van der Waals surface area contributed by atoms with Crippen molar-refractivity contribution >= 4 is 27.7 Å². The van der Waals surface area contributed by atoms with Crippen molar-refractivity contribution in [3.63, 3.8) is 0 Å². The molecule has 0 aliphatic carbocycles. The molecule has 7 heteroatoms. The predicted octanol–water partition coefficient (Wildman–Crippen LogP) is 2.32. The molecule has 0 spiro atoms. The quantitative estimate of drug-likeness (QED) is 0.711. The Morgan fingerprint density at radius 3 is 2.77 bits per heavy atom. The third-order valence-electron chi connectivity index (χ3n) is 2.80. The van der Waals surface area contributed by atoms with Crippen molar-refractivity contribution in [3.05, 3.63) is 52.3 Å². The number of halogens is 1. The van der Waals surface area contributed by atoms with Crippen molar-refractivity contribution in [3.8, 4) is 5.75 Å². The summed E-state index contributed by atoms with van der Waals surface area (Å²) in [6.45, 7) is 2.20. The number of hydrogen-bond donors (Lipinski definition) is 3. The molecule has 0 aliphatic rings. The van der Waals surface area contributed by atoms with Crippen LogP contribution >= 0.6 is 15.9 Å². The lowest BCUT2D eigenvalue weighted by Crippen LogP contribution is -2.42. The Balaban J connectivity index is 1.69. The van der Waals surface area contributed by atoms with Gasteiger partial charge < -0.3 is 9.72 Å². The summed E-state index contributed by atoms with van der Waals surface area (Å²) in [6, 6.07) is 9.19. The molecule has 0 saturated heterocycles. The topological polar surface area (TPSA) is 83.2 Å². The van der Waals surface area contributed by atoms with E-state index in [0.717, 1.165) is 10.0 Å². The van der Waals surface area contributed by atoms with Gasteiger partial charge in [0, 0.05) is 10.7 Å². The minimum atomic E-state index is -0.418. The molecule has 3 N–H and O–H groups in total. The Hall–Kier alpha value is -2.28. The van der Waals surface area contributed by atoms with E-state index in [9.17, 15) is 9.59 Å². The van der Waals surface area contributed by atoms with Gasteiger partial charge in [0.1, 0.15) is 11.4 Å². The SMILES string of the molecule is Cc1cccc(OCCC(=O)NNC(=O)c2cc(Br)c[nH]2)c1. The summed E-state index contributed by atoms with van der Waals surface area (Å²) in [4.78, 5) is 26.1. The van der Waals surface area contributed by atoms with Crippen LogP contribution in [0.4, 0.5) is 0 Å². The van der Waals surface area contributed by atoms with Gasteiger partial charge in [-0.15, -0.1) is 0 Å². The third-order valence-corrected chi connectivity index (χ3v) is 3.25. The molecule has 6 nitrogen and oxygen atoms in total. The third kappa shape index (κ3) is 4.92. The fraction of sp³-hybridized carbons (Fsp3) is 0.200. The first-order valence-electron chi connectivity index (χ1n) is 6.67. The Bertz CT molecular complexity index is 670. The summed E-state index contributed by atoms with van der Waals surface area (Å²) in [6.07, 6.45) is 1.77. The van der Waals surface area contributed by atoms with E-state index < -0.39 is 5.91 Å². The van der Waals surface area contributed by atoms with Crippen molar-refractivity contribution in [1.82, 2.24) is 15.8 Å². The Labute approximate surface area is 136 Å². The second-order valence-corrected chi connectivity index (χ2v) is 5.56. The molecular formula is C15H16BrN3O3. The molecule has 0 saturated carbocycles. The predicted molar refractivity (Wildman–Crippen MR) is 85.4 cm³/mol. The summed E-state index contributed by atoms with van der Waals surface area (Å²) in [5, 5.41) is 0. The lowest BCUT2D eigenvalue weighted by molar-refractivity contribution is -0.122. The van der Waals surface area contributed by atoms with Crippen molar-refractivity contribution < 1.29 is 14.3 Å². The highest BCUT2D eigenvalue weighted by atomic mass is 79.9. The number of rotatable bonds is 5. The molecule has 1 heterocycles. The van der Waals surface area contributed by atoms with Crippen LogP contribution in [-0.4, -0.2) is 23.4 Å². The Kier molecular flexibility index (Phi) is 5.60. The summed E-state index contributed by atoms with van der Waals surface area (Å²) in [5.74, 6) is -0.0293.